The minimum atomic E-state index is 1.03. The highest BCUT2D eigenvalue weighted by molar-refractivity contribution is 4.89. The summed E-state index contributed by atoms with van der Waals surface area (Å²) in [6.07, 6.45) is 7.63. The van der Waals surface area contributed by atoms with Crippen LogP contribution in [0.5, 0.6) is 0 Å². The fourth-order valence-corrected chi connectivity index (χ4v) is 2.72. The standard InChI is InChI=1S/C11H20/c1-8-3-5-10(6-4-8)11-7-9(11)2/h8-11H,3-7H2,1-2H3. The minimum Gasteiger partial charge on any atom is -0.0625 e. The smallest absolute Gasteiger partial charge is 0.0357 e. The van der Waals surface area contributed by atoms with Crippen molar-refractivity contribution in [2.24, 2.45) is 23.7 Å². The van der Waals surface area contributed by atoms with E-state index in [0.29, 0.717) is 0 Å². The average Bonchev–Trinajstić information content (AvgIpc) is 2.69. The van der Waals surface area contributed by atoms with Crippen LogP contribution in [0.25, 0.3) is 0 Å². The molecule has 64 valence electrons. The van der Waals surface area contributed by atoms with Crippen molar-refractivity contribution in [2.45, 2.75) is 46.0 Å². The minimum absolute atomic E-state index is 1.03. The molecule has 0 aliphatic heterocycles. The van der Waals surface area contributed by atoms with E-state index in [1.807, 2.05) is 0 Å². The van der Waals surface area contributed by atoms with Gasteiger partial charge in [-0.1, -0.05) is 26.7 Å². The second kappa shape index (κ2) is 2.80. The number of rotatable bonds is 1. The molecule has 2 rings (SSSR count). The van der Waals surface area contributed by atoms with E-state index in [1.54, 1.807) is 6.42 Å². The zero-order valence-electron chi connectivity index (χ0n) is 7.84. The normalized spacial score (nSPS) is 50.7. The van der Waals surface area contributed by atoms with Gasteiger partial charge in [0.1, 0.15) is 0 Å². The van der Waals surface area contributed by atoms with Gasteiger partial charge in [0.2, 0.25) is 0 Å². The summed E-state index contributed by atoms with van der Waals surface area (Å²) < 4.78 is 0. The molecule has 0 radical (unpaired) electrons. The molecule has 2 fully saturated rings. The van der Waals surface area contributed by atoms with Gasteiger partial charge in [-0.2, -0.15) is 0 Å². The molecule has 2 atom stereocenters. The van der Waals surface area contributed by atoms with E-state index in [2.05, 4.69) is 13.8 Å². The van der Waals surface area contributed by atoms with E-state index in [9.17, 15) is 0 Å². The molecule has 0 aromatic rings. The van der Waals surface area contributed by atoms with Crippen molar-refractivity contribution in [1.82, 2.24) is 0 Å². The van der Waals surface area contributed by atoms with Crippen LogP contribution in [0.15, 0.2) is 0 Å². The fourth-order valence-electron chi connectivity index (χ4n) is 2.72. The lowest BCUT2D eigenvalue weighted by molar-refractivity contribution is 0.258. The van der Waals surface area contributed by atoms with Gasteiger partial charge in [0.05, 0.1) is 0 Å². The highest BCUT2D eigenvalue weighted by Gasteiger charge is 2.39. The maximum absolute atomic E-state index is 2.42. The van der Waals surface area contributed by atoms with Crippen LogP contribution in [-0.2, 0) is 0 Å². The molecule has 0 heteroatoms. The van der Waals surface area contributed by atoms with Gasteiger partial charge in [-0.05, 0) is 42.9 Å². The lowest BCUT2D eigenvalue weighted by atomic mass is 9.80. The van der Waals surface area contributed by atoms with E-state index < -0.39 is 0 Å². The van der Waals surface area contributed by atoms with Crippen molar-refractivity contribution in [3.63, 3.8) is 0 Å². The average molecular weight is 152 g/mol. The maximum atomic E-state index is 2.42. The highest BCUT2D eigenvalue weighted by Crippen LogP contribution is 2.49. The SMILES string of the molecule is CC1CCC(C2CC2C)CC1. The summed E-state index contributed by atoms with van der Waals surface area (Å²) in [6.45, 7) is 4.83. The molecular weight excluding hydrogens is 132 g/mol. The third-order valence-corrected chi connectivity index (χ3v) is 3.84. The van der Waals surface area contributed by atoms with E-state index in [1.165, 1.54) is 25.7 Å². The third kappa shape index (κ3) is 1.60. The Bertz CT molecular complexity index is 131. The third-order valence-electron chi connectivity index (χ3n) is 3.84. The maximum Gasteiger partial charge on any atom is -0.0357 e. The van der Waals surface area contributed by atoms with Crippen LogP contribution < -0.4 is 0 Å². The second-order valence-electron chi connectivity index (χ2n) is 4.90. The molecule has 0 bridgehead atoms. The molecule has 0 amide bonds. The Morgan fingerprint density at radius 2 is 1.45 bits per heavy atom. The summed E-state index contributed by atoms with van der Waals surface area (Å²) in [4.78, 5) is 0. The molecule has 0 nitrogen and oxygen atoms in total. The van der Waals surface area contributed by atoms with Crippen LogP contribution in [0, 0.1) is 23.7 Å². The van der Waals surface area contributed by atoms with Gasteiger partial charge in [-0.25, -0.2) is 0 Å². The summed E-state index contributed by atoms with van der Waals surface area (Å²) in [5.41, 5.74) is 0. The van der Waals surface area contributed by atoms with Gasteiger partial charge < -0.3 is 0 Å². The topological polar surface area (TPSA) is 0 Å². The summed E-state index contributed by atoms with van der Waals surface area (Å²) in [7, 11) is 0. The lowest BCUT2D eigenvalue weighted by Gasteiger charge is -2.26. The number of hydrogen-bond donors (Lipinski definition) is 0. The van der Waals surface area contributed by atoms with E-state index >= 15 is 0 Å². The zero-order chi connectivity index (χ0) is 7.84. The summed E-state index contributed by atoms with van der Waals surface area (Å²) >= 11 is 0. The monoisotopic (exact) mass is 152 g/mol. The predicted octanol–water partition coefficient (Wildman–Crippen LogP) is 3.47. The molecule has 11 heavy (non-hydrogen) atoms. The first-order valence-corrected chi connectivity index (χ1v) is 5.27. The van der Waals surface area contributed by atoms with Crippen LogP contribution in [0.2, 0.25) is 0 Å². The second-order valence-corrected chi connectivity index (χ2v) is 4.90. The first-order chi connectivity index (χ1) is 5.27. The molecule has 2 unspecified atom stereocenters. The Hall–Kier alpha value is 0. The van der Waals surface area contributed by atoms with Gasteiger partial charge in [0.15, 0.2) is 0 Å². The molecule has 0 spiro atoms. The zero-order valence-corrected chi connectivity index (χ0v) is 7.84. The van der Waals surface area contributed by atoms with Crippen molar-refractivity contribution in [1.29, 1.82) is 0 Å². The van der Waals surface area contributed by atoms with Crippen molar-refractivity contribution in [2.75, 3.05) is 0 Å². The molecule has 0 saturated heterocycles. The molecule has 0 aromatic carbocycles. The van der Waals surface area contributed by atoms with Crippen molar-refractivity contribution in [3.05, 3.63) is 0 Å². The molecule has 2 saturated carbocycles. The van der Waals surface area contributed by atoms with Crippen LogP contribution in [0.4, 0.5) is 0 Å². The predicted molar refractivity (Wildman–Crippen MR) is 48.4 cm³/mol. The first kappa shape index (κ1) is 7.64. The fraction of sp³-hybridized carbons (Fsp3) is 1.00. The molecule has 0 aromatic heterocycles. The van der Waals surface area contributed by atoms with Crippen molar-refractivity contribution in [3.8, 4) is 0 Å². The van der Waals surface area contributed by atoms with Crippen LogP contribution in [0.1, 0.15) is 46.0 Å². The Morgan fingerprint density at radius 1 is 0.909 bits per heavy atom. The van der Waals surface area contributed by atoms with E-state index in [0.717, 1.165) is 23.7 Å². The molecule has 0 heterocycles. The Morgan fingerprint density at radius 3 is 1.91 bits per heavy atom. The van der Waals surface area contributed by atoms with Crippen LogP contribution in [-0.4, -0.2) is 0 Å². The highest BCUT2D eigenvalue weighted by atomic mass is 14.4. The van der Waals surface area contributed by atoms with Gasteiger partial charge in [-0.3, -0.25) is 0 Å². The number of hydrogen-bond acceptors (Lipinski definition) is 0. The molecule has 2 aliphatic carbocycles. The summed E-state index contributed by atoms with van der Waals surface area (Å²) in [5.74, 6) is 4.37. The first-order valence-electron chi connectivity index (χ1n) is 5.27. The Balaban J connectivity index is 1.79. The van der Waals surface area contributed by atoms with E-state index in [4.69, 9.17) is 0 Å². The van der Waals surface area contributed by atoms with Gasteiger partial charge >= 0.3 is 0 Å². The molecular formula is C11H20. The van der Waals surface area contributed by atoms with E-state index in [-0.39, 0.29) is 0 Å². The quantitative estimate of drug-likeness (QED) is 0.539. The largest absolute Gasteiger partial charge is 0.0625 e. The Labute approximate surface area is 70.4 Å². The van der Waals surface area contributed by atoms with Crippen LogP contribution in [0.3, 0.4) is 0 Å². The van der Waals surface area contributed by atoms with Gasteiger partial charge in [0.25, 0.3) is 0 Å². The van der Waals surface area contributed by atoms with Crippen molar-refractivity contribution < 1.29 is 0 Å². The summed E-state index contributed by atoms with van der Waals surface area (Å²) in [6, 6.07) is 0. The van der Waals surface area contributed by atoms with Gasteiger partial charge in [0, 0.05) is 0 Å². The lowest BCUT2D eigenvalue weighted by Crippen LogP contribution is -2.14. The molecule has 0 N–H and O–H groups in total. The van der Waals surface area contributed by atoms with Gasteiger partial charge in [-0.15, -0.1) is 0 Å². The Kier molecular flexibility index (Phi) is 1.95. The van der Waals surface area contributed by atoms with Crippen molar-refractivity contribution >= 4 is 0 Å². The van der Waals surface area contributed by atoms with Crippen LogP contribution >= 0.6 is 0 Å². The summed E-state index contributed by atoms with van der Waals surface area (Å²) in [5, 5.41) is 0. The molecule has 2 aliphatic rings.